The van der Waals surface area contributed by atoms with E-state index in [0.717, 1.165) is 63.7 Å². The van der Waals surface area contributed by atoms with E-state index in [9.17, 15) is 14.4 Å². The van der Waals surface area contributed by atoms with Crippen LogP contribution in [0.4, 0.5) is 0 Å². The average Bonchev–Trinajstić information content (AvgIpc) is 3.22. The van der Waals surface area contributed by atoms with Crippen molar-refractivity contribution in [2.24, 2.45) is 5.92 Å². The molecule has 0 aromatic rings. The number of hydrogen-bond acceptors (Lipinski definition) is 6. The zero-order valence-electron chi connectivity index (χ0n) is 39.5. The smallest absolute Gasteiger partial charge is 0.306 e. The van der Waals surface area contributed by atoms with Gasteiger partial charge in [-0.1, -0.05) is 252 Å². The van der Waals surface area contributed by atoms with Crippen LogP contribution in [0.2, 0.25) is 0 Å². The van der Waals surface area contributed by atoms with Crippen molar-refractivity contribution in [3.05, 3.63) is 0 Å². The van der Waals surface area contributed by atoms with Crippen molar-refractivity contribution >= 4 is 17.9 Å². The molecule has 0 aliphatic carbocycles. The second kappa shape index (κ2) is 46.5. The number of ether oxygens (including phenoxy) is 3. The minimum Gasteiger partial charge on any atom is -0.462 e. The lowest BCUT2D eigenvalue weighted by atomic mass is 10.00. The predicted molar refractivity (Wildman–Crippen MR) is 247 cm³/mol. The standard InChI is InChI=1S/C52H100O6/c1-5-8-10-12-14-16-18-19-20-21-22-23-24-25-27-29-31-36-40-44-51(54)57-47-49(58-52(55)45-41-37-33-32-34-38-42-48(4)7-3)46-56-50(53)43-39-35-30-28-26-17-15-13-11-9-6-2/h48-49H,5-47H2,1-4H3/t48?,49-/m0/s1. The molecule has 0 heterocycles. The Morgan fingerprint density at radius 1 is 0.345 bits per heavy atom. The van der Waals surface area contributed by atoms with Crippen LogP contribution in [0.15, 0.2) is 0 Å². The molecule has 0 amide bonds. The van der Waals surface area contributed by atoms with Crippen molar-refractivity contribution in [1.82, 2.24) is 0 Å². The van der Waals surface area contributed by atoms with Crippen molar-refractivity contribution in [2.45, 2.75) is 297 Å². The van der Waals surface area contributed by atoms with Crippen LogP contribution in [-0.2, 0) is 28.6 Å². The fourth-order valence-corrected chi connectivity index (χ4v) is 7.83. The summed E-state index contributed by atoms with van der Waals surface area (Å²) in [5, 5.41) is 0. The molecule has 1 unspecified atom stereocenters. The van der Waals surface area contributed by atoms with Gasteiger partial charge in [0.05, 0.1) is 0 Å². The van der Waals surface area contributed by atoms with Gasteiger partial charge in [0, 0.05) is 19.3 Å². The SMILES string of the molecule is CCCCCCCCCCCCCCCCCCCCCC(=O)OC[C@H](COC(=O)CCCCCCCCCCCCC)OC(=O)CCCCCCCCC(C)CC. The maximum absolute atomic E-state index is 12.7. The molecule has 0 saturated carbocycles. The van der Waals surface area contributed by atoms with E-state index in [1.165, 1.54) is 186 Å². The van der Waals surface area contributed by atoms with E-state index in [0.29, 0.717) is 19.3 Å². The first kappa shape index (κ1) is 56.4. The van der Waals surface area contributed by atoms with Gasteiger partial charge in [-0.05, 0) is 25.2 Å². The molecule has 0 spiro atoms. The van der Waals surface area contributed by atoms with Gasteiger partial charge in [0.25, 0.3) is 0 Å². The first-order chi connectivity index (χ1) is 28.4. The molecule has 0 aliphatic heterocycles. The predicted octanol–water partition coefficient (Wildman–Crippen LogP) is 16.7. The maximum Gasteiger partial charge on any atom is 0.306 e. The van der Waals surface area contributed by atoms with Gasteiger partial charge in [0.1, 0.15) is 13.2 Å². The van der Waals surface area contributed by atoms with E-state index in [4.69, 9.17) is 14.2 Å². The number of carbonyl (C=O) groups excluding carboxylic acids is 3. The van der Waals surface area contributed by atoms with Gasteiger partial charge in [0.2, 0.25) is 0 Å². The highest BCUT2D eigenvalue weighted by molar-refractivity contribution is 5.71. The van der Waals surface area contributed by atoms with Gasteiger partial charge in [-0.2, -0.15) is 0 Å². The molecule has 6 nitrogen and oxygen atoms in total. The van der Waals surface area contributed by atoms with Crippen LogP contribution < -0.4 is 0 Å². The van der Waals surface area contributed by atoms with Crippen LogP contribution in [-0.4, -0.2) is 37.2 Å². The first-order valence-corrected chi connectivity index (χ1v) is 25.9. The van der Waals surface area contributed by atoms with E-state index in [-0.39, 0.29) is 31.1 Å². The molecule has 0 bridgehead atoms. The molecule has 0 aromatic carbocycles. The Balaban J connectivity index is 4.22. The largest absolute Gasteiger partial charge is 0.462 e. The molecule has 0 N–H and O–H groups in total. The molecule has 0 saturated heterocycles. The van der Waals surface area contributed by atoms with E-state index in [2.05, 4.69) is 27.7 Å². The van der Waals surface area contributed by atoms with E-state index in [1.54, 1.807) is 0 Å². The molecule has 0 radical (unpaired) electrons. The van der Waals surface area contributed by atoms with Crippen molar-refractivity contribution in [2.75, 3.05) is 13.2 Å². The normalized spacial score (nSPS) is 12.4. The second-order valence-corrected chi connectivity index (χ2v) is 18.1. The summed E-state index contributed by atoms with van der Waals surface area (Å²) in [5.41, 5.74) is 0. The summed E-state index contributed by atoms with van der Waals surface area (Å²) in [6, 6.07) is 0. The highest BCUT2D eigenvalue weighted by Crippen LogP contribution is 2.17. The minimum absolute atomic E-state index is 0.0639. The summed E-state index contributed by atoms with van der Waals surface area (Å²) in [7, 11) is 0. The summed E-state index contributed by atoms with van der Waals surface area (Å²) in [6.07, 6.45) is 48.1. The third-order valence-corrected chi connectivity index (χ3v) is 12.2. The lowest BCUT2D eigenvalue weighted by molar-refractivity contribution is -0.167. The minimum atomic E-state index is -0.761. The lowest BCUT2D eigenvalue weighted by Crippen LogP contribution is -2.30. The van der Waals surface area contributed by atoms with Crippen molar-refractivity contribution in [3.8, 4) is 0 Å². The summed E-state index contributed by atoms with van der Waals surface area (Å²) in [6.45, 7) is 8.99. The summed E-state index contributed by atoms with van der Waals surface area (Å²) in [4.78, 5) is 37.8. The van der Waals surface area contributed by atoms with Crippen molar-refractivity contribution < 1.29 is 28.6 Å². The van der Waals surface area contributed by atoms with E-state index < -0.39 is 6.10 Å². The number of unbranched alkanes of at least 4 members (excludes halogenated alkanes) is 33. The molecule has 344 valence electrons. The number of carbonyl (C=O) groups is 3. The van der Waals surface area contributed by atoms with Gasteiger partial charge in [-0.15, -0.1) is 0 Å². The summed E-state index contributed by atoms with van der Waals surface area (Å²) < 4.78 is 16.8. The van der Waals surface area contributed by atoms with Crippen LogP contribution in [0.25, 0.3) is 0 Å². The zero-order valence-corrected chi connectivity index (χ0v) is 39.5. The number of esters is 3. The molecule has 6 heteroatoms. The Morgan fingerprint density at radius 3 is 0.897 bits per heavy atom. The number of hydrogen-bond donors (Lipinski definition) is 0. The Labute approximate surface area is 361 Å². The fraction of sp³-hybridized carbons (Fsp3) is 0.942. The highest BCUT2D eigenvalue weighted by atomic mass is 16.6. The molecule has 2 atom stereocenters. The molecule has 0 rings (SSSR count). The quantitative estimate of drug-likeness (QED) is 0.0346. The zero-order chi connectivity index (χ0) is 42.4. The molecule has 0 aliphatic rings. The van der Waals surface area contributed by atoms with Gasteiger partial charge in [0.15, 0.2) is 6.10 Å². The van der Waals surface area contributed by atoms with Crippen LogP contribution in [0, 0.1) is 5.92 Å². The number of rotatable bonds is 47. The summed E-state index contributed by atoms with van der Waals surface area (Å²) in [5.74, 6) is -0.0402. The highest BCUT2D eigenvalue weighted by Gasteiger charge is 2.19. The van der Waals surface area contributed by atoms with Crippen molar-refractivity contribution in [3.63, 3.8) is 0 Å². The molecular formula is C52H100O6. The fourth-order valence-electron chi connectivity index (χ4n) is 7.83. The Bertz CT molecular complexity index is 874. The van der Waals surface area contributed by atoms with Gasteiger partial charge in [-0.3, -0.25) is 14.4 Å². The topological polar surface area (TPSA) is 78.9 Å². The molecular weight excluding hydrogens is 721 g/mol. The second-order valence-electron chi connectivity index (χ2n) is 18.1. The monoisotopic (exact) mass is 821 g/mol. The van der Waals surface area contributed by atoms with Gasteiger partial charge in [-0.25, -0.2) is 0 Å². The Morgan fingerprint density at radius 2 is 0.603 bits per heavy atom. The first-order valence-electron chi connectivity index (χ1n) is 25.9. The molecule has 58 heavy (non-hydrogen) atoms. The van der Waals surface area contributed by atoms with Crippen LogP contribution in [0.3, 0.4) is 0 Å². The maximum atomic E-state index is 12.7. The molecule has 0 aromatic heterocycles. The van der Waals surface area contributed by atoms with Crippen LogP contribution in [0.1, 0.15) is 291 Å². The van der Waals surface area contributed by atoms with E-state index in [1.807, 2.05) is 0 Å². The van der Waals surface area contributed by atoms with Gasteiger partial charge < -0.3 is 14.2 Å². The lowest BCUT2D eigenvalue weighted by Gasteiger charge is -2.18. The Kier molecular flexibility index (Phi) is 45.2. The third-order valence-electron chi connectivity index (χ3n) is 12.2. The third kappa shape index (κ3) is 44.0. The molecule has 0 fully saturated rings. The van der Waals surface area contributed by atoms with Crippen LogP contribution >= 0.6 is 0 Å². The van der Waals surface area contributed by atoms with Crippen molar-refractivity contribution in [1.29, 1.82) is 0 Å². The average molecular weight is 821 g/mol. The Hall–Kier alpha value is -1.59. The van der Waals surface area contributed by atoms with Gasteiger partial charge >= 0.3 is 17.9 Å². The van der Waals surface area contributed by atoms with Crippen LogP contribution in [0.5, 0.6) is 0 Å². The summed E-state index contributed by atoms with van der Waals surface area (Å²) >= 11 is 0. The van der Waals surface area contributed by atoms with E-state index >= 15 is 0 Å².